The Labute approximate surface area is 69.3 Å². The van der Waals surface area contributed by atoms with E-state index in [9.17, 15) is 0 Å². The summed E-state index contributed by atoms with van der Waals surface area (Å²) in [6.45, 7) is 0. The van der Waals surface area contributed by atoms with Crippen molar-refractivity contribution in [3.63, 3.8) is 0 Å². The van der Waals surface area contributed by atoms with Crippen LogP contribution in [0.2, 0.25) is 0 Å². The number of oxime groups is 1. The Kier molecular flexibility index (Phi) is 1.55. The molecule has 0 unspecified atom stereocenters. The van der Waals surface area contributed by atoms with Crippen molar-refractivity contribution in [2.24, 2.45) is 5.16 Å². The summed E-state index contributed by atoms with van der Waals surface area (Å²) >= 11 is 0. The van der Waals surface area contributed by atoms with Gasteiger partial charge < -0.3 is 10.2 Å². The minimum absolute atomic E-state index is 0.913. The van der Waals surface area contributed by atoms with Gasteiger partial charge in [0.1, 0.15) is 0 Å². The molecule has 12 heavy (non-hydrogen) atoms. The topological polar surface area (TPSA) is 48.4 Å². The SMILES string of the molecule is O/N=C/c1cccc2[nH]ccc12. The Hall–Kier alpha value is -1.77. The van der Waals surface area contributed by atoms with Crippen LogP contribution in [0, 0.1) is 0 Å². The zero-order valence-electron chi connectivity index (χ0n) is 6.36. The van der Waals surface area contributed by atoms with Crippen LogP contribution in [-0.4, -0.2) is 16.4 Å². The van der Waals surface area contributed by atoms with Gasteiger partial charge in [0.05, 0.1) is 6.21 Å². The van der Waals surface area contributed by atoms with Crippen LogP contribution in [0.5, 0.6) is 0 Å². The average molecular weight is 160 g/mol. The number of H-pyrrole nitrogens is 1. The van der Waals surface area contributed by atoms with E-state index in [1.807, 2.05) is 30.5 Å². The molecule has 0 amide bonds. The molecule has 3 nitrogen and oxygen atoms in total. The molecule has 0 fully saturated rings. The highest BCUT2D eigenvalue weighted by atomic mass is 16.4. The number of rotatable bonds is 1. The Bertz CT molecular complexity index is 417. The highest BCUT2D eigenvalue weighted by Gasteiger charge is 1.97. The van der Waals surface area contributed by atoms with Crippen molar-refractivity contribution in [2.75, 3.05) is 0 Å². The van der Waals surface area contributed by atoms with Gasteiger partial charge in [-0.3, -0.25) is 0 Å². The standard InChI is InChI=1S/C9H8N2O/c12-11-6-7-2-1-3-9-8(7)4-5-10-9/h1-6,10,12H/b11-6+. The summed E-state index contributed by atoms with van der Waals surface area (Å²) in [5, 5.41) is 12.4. The second-order valence-electron chi connectivity index (χ2n) is 2.53. The predicted octanol–water partition coefficient (Wildman–Crippen LogP) is 1.98. The number of nitrogens with zero attached hydrogens (tertiary/aromatic N) is 1. The van der Waals surface area contributed by atoms with Gasteiger partial charge >= 0.3 is 0 Å². The summed E-state index contributed by atoms with van der Waals surface area (Å²) < 4.78 is 0. The molecule has 0 aliphatic heterocycles. The minimum atomic E-state index is 0.913. The van der Waals surface area contributed by atoms with E-state index < -0.39 is 0 Å². The van der Waals surface area contributed by atoms with Crippen LogP contribution in [0.25, 0.3) is 10.9 Å². The Morgan fingerprint density at radius 1 is 1.33 bits per heavy atom. The van der Waals surface area contributed by atoms with Gasteiger partial charge in [0, 0.05) is 22.7 Å². The molecule has 0 spiro atoms. The second-order valence-corrected chi connectivity index (χ2v) is 2.53. The van der Waals surface area contributed by atoms with Gasteiger partial charge in [0.2, 0.25) is 0 Å². The lowest BCUT2D eigenvalue weighted by atomic mass is 10.1. The van der Waals surface area contributed by atoms with Crippen LogP contribution in [-0.2, 0) is 0 Å². The predicted molar refractivity (Wildman–Crippen MR) is 47.7 cm³/mol. The Balaban J connectivity index is 2.73. The first-order chi connectivity index (χ1) is 5.92. The molecule has 0 saturated heterocycles. The van der Waals surface area contributed by atoms with Crippen LogP contribution in [0.3, 0.4) is 0 Å². The molecular weight excluding hydrogens is 152 g/mol. The molecule has 0 atom stereocenters. The van der Waals surface area contributed by atoms with Crippen molar-refractivity contribution in [3.05, 3.63) is 36.0 Å². The smallest absolute Gasteiger partial charge is 0.0740 e. The summed E-state index contributed by atoms with van der Waals surface area (Å²) in [7, 11) is 0. The Morgan fingerprint density at radius 2 is 2.25 bits per heavy atom. The number of benzene rings is 1. The van der Waals surface area contributed by atoms with Crippen LogP contribution in [0.4, 0.5) is 0 Å². The fourth-order valence-corrected chi connectivity index (χ4v) is 1.28. The maximum absolute atomic E-state index is 8.38. The van der Waals surface area contributed by atoms with Crippen molar-refractivity contribution in [1.29, 1.82) is 0 Å². The summed E-state index contributed by atoms with van der Waals surface area (Å²) in [5.74, 6) is 0. The molecule has 0 bridgehead atoms. The lowest BCUT2D eigenvalue weighted by Gasteiger charge is -1.93. The molecule has 2 rings (SSSR count). The third-order valence-corrected chi connectivity index (χ3v) is 1.83. The highest BCUT2D eigenvalue weighted by Crippen LogP contribution is 2.15. The third kappa shape index (κ3) is 0.955. The van der Waals surface area contributed by atoms with Crippen molar-refractivity contribution in [1.82, 2.24) is 4.98 Å². The zero-order valence-corrected chi connectivity index (χ0v) is 6.36. The summed E-state index contributed by atoms with van der Waals surface area (Å²) in [6.07, 6.45) is 3.29. The van der Waals surface area contributed by atoms with E-state index in [1.165, 1.54) is 6.21 Å². The molecule has 60 valence electrons. The van der Waals surface area contributed by atoms with E-state index in [-0.39, 0.29) is 0 Å². The van der Waals surface area contributed by atoms with Gasteiger partial charge in [-0.25, -0.2) is 0 Å². The van der Waals surface area contributed by atoms with Crippen LogP contribution >= 0.6 is 0 Å². The quantitative estimate of drug-likeness (QED) is 0.374. The summed E-state index contributed by atoms with van der Waals surface area (Å²) in [6, 6.07) is 7.74. The molecule has 3 heteroatoms. The Morgan fingerprint density at radius 3 is 3.08 bits per heavy atom. The van der Waals surface area contributed by atoms with E-state index in [4.69, 9.17) is 5.21 Å². The third-order valence-electron chi connectivity index (χ3n) is 1.83. The van der Waals surface area contributed by atoms with E-state index in [0.29, 0.717) is 0 Å². The van der Waals surface area contributed by atoms with Gasteiger partial charge in [-0.15, -0.1) is 0 Å². The van der Waals surface area contributed by atoms with Gasteiger partial charge in [0.15, 0.2) is 0 Å². The molecule has 0 radical (unpaired) electrons. The van der Waals surface area contributed by atoms with Crippen molar-refractivity contribution in [3.8, 4) is 0 Å². The van der Waals surface area contributed by atoms with Crippen molar-refractivity contribution < 1.29 is 5.21 Å². The molecule has 1 aromatic heterocycles. The number of hydrogen-bond donors (Lipinski definition) is 2. The first kappa shape index (κ1) is 6.91. The molecule has 0 aliphatic carbocycles. The fraction of sp³-hybridized carbons (Fsp3) is 0. The highest BCUT2D eigenvalue weighted by molar-refractivity contribution is 5.98. The minimum Gasteiger partial charge on any atom is -0.411 e. The van der Waals surface area contributed by atoms with E-state index in [0.717, 1.165) is 16.5 Å². The maximum Gasteiger partial charge on any atom is 0.0740 e. The molecule has 0 aliphatic rings. The average Bonchev–Trinajstić information content (AvgIpc) is 2.53. The first-order valence-corrected chi connectivity index (χ1v) is 3.65. The van der Waals surface area contributed by atoms with Crippen molar-refractivity contribution in [2.45, 2.75) is 0 Å². The molecular formula is C9H8N2O. The van der Waals surface area contributed by atoms with Crippen LogP contribution in [0.15, 0.2) is 35.6 Å². The van der Waals surface area contributed by atoms with Crippen LogP contribution in [0.1, 0.15) is 5.56 Å². The normalized spacial score (nSPS) is 11.3. The molecule has 0 saturated carbocycles. The first-order valence-electron chi connectivity index (χ1n) is 3.65. The molecule has 2 N–H and O–H groups in total. The number of fused-ring (bicyclic) bond motifs is 1. The maximum atomic E-state index is 8.38. The molecule has 2 aromatic rings. The number of aromatic amines is 1. The number of aromatic nitrogens is 1. The van der Waals surface area contributed by atoms with Crippen molar-refractivity contribution >= 4 is 17.1 Å². The summed E-state index contributed by atoms with van der Waals surface area (Å²) in [4.78, 5) is 3.08. The van der Waals surface area contributed by atoms with E-state index in [1.54, 1.807) is 0 Å². The molecule has 1 heterocycles. The largest absolute Gasteiger partial charge is 0.411 e. The lowest BCUT2D eigenvalue weighted by Crippen LogP contribution is -1.80. The van der Waals surface area contributed by atoms with E-state index >= 15 is 0 Å². The number of nitrogens with one attached hydrogen (secondary N) is 1. The number of hydrogen-bond acceptors (Lipinski definition) is 2. The monoisotopic (exact) mass is 160 g/mol. The van der Waals surface area contributed by atoms with Gasteiger partial charge in [-0.2, -0.15) is 0 Å². The van der Waals surface area contributed by atoms with Gasteiger partial charge in [0.25, 0.3) is 0 Å². The van der Waals surface area contributed by atoms with Gasteiger partial charge in [-0.1, -0.05) is 17.3 Å². The van der Waals surface area contributed by atoms with Gasteiger partial charge in [-0.05, 0) is 12.1 Å². The zero-order chi connectivity index (χ0) is 8.39. The summed E-state index contributed by atoms with van der Waals surface area (Å²) in [5.41, 5.74) is 1.96. The van der Waals surface area contributed by atoms with Crippen LogP contribution < -0.4 is 0 Å². The lowest BCUT2D eigenvalue weighted by molar-refractivity contribution is 0.322. The fourth-order valence-electron chi connectivity index (χ4n) is 1.28. The van der Waals surface area contributed by atoms with E-state index in [2.05, 4.69) is 10.1 Å². The second kappa shape index (κ2) is 2.70. The molecule has 1 aromatic carbocycles.